The zero-order chi connectivity index (χ0) is 22.9. The smallest absolute Gasteiger partial charge is 0.411 e. The van der Waals surface area contributed by atoms with Crippen LogP contribution in [0.4, 0.5) is 14.9 Å². The maximum atomic E-state index is 12.6. The van der Waals surface area contributed by atoms with Crippen molar-refractivity contribution >= 4 is 23.4 Å². The second-order valence-electron chi connectivity index (χ2n) is 7.17. The number of hydrogen-bond acceptors (Lipinski definition) is 6. The molecule has 0 saturated carbocycles. The number of alkyl halides is 1. The van der Waals surface area contributed by atoms with Gasteiger partial charge in [0.15, 0.2) is 11.5 Å². The molecule has 0 bridgehead atoms. The third-order valence-electron chi connectivity index (χ3n) is 5.04. The van der Waals surface area contributed by atoms with Crippen molar-refractivity contribution in [3.8, 4) is 11.5 Å². The molecule has 0 fully saturated rings. The Balaban J connectivity index is 1.62. The van der Waals surface area contributed by atoms with Crippen LogP contribution in [0.1, 0.15) is 30.4 Å². The Labute approximate surface area is 186 Å². The molecule has 0 saturated heterocycles. The third kappa shape index (κ3) is 6.19. The van der Waals surface area contributed by atoms with E-state index in [9.17, 15) is 14.0 Å². The molecule has 1 heterocycles. The molecule has 1 aliphatic rings. The van der Waals surface area contributed by atoms with Crippen molar-refractivity contribution in [2.45, 2.75) is 32.2 Å². The molecule has 0 spiro atoms. The molecule has 32 heavy (non-hydrogen) atoms. The molecule has 0 unspecified atom stereocenters. The fourth-order valence-corrected chi connectivity index (χ4v) is 3.33. The first kappa shape index (κ1) is 23.1. The minimum absolute atomic E-state index is 0.0337. The summed E-state index contributed by atoms with van der Waals surface area (Å²) in [5.74, 6) is 0.805. The highest BCUT2D eigenvalue weighted by Crippen LogP contribution is 2.29. The average Bonchev–Trinajstić information content (AvgIpc) is 2.81. The molecule has 2 amide bonds. The van der Waals surface area contributed by atoms with Crippen LogP contribution in [0.3, 0.4) is 0 Å². The van der Waals surface area contributed by atoms with Crippen molar-refractivity contribution in [1.82, 2.24) is 5.01 Å². The Hall–Kier alpha value is -3.62. The van der Waals surface area contributed by atoms with Gasteiger partial charge in [0.2, 0.25) is 12.8 Å². The summed E-state index contributed by atoms with van der Waals surface area (Å²) >= 11 is 0. The molecule has 2 aromatic carbocycles. The van der Waals surface area contributed by atoms with Gasteiger partial charge in [0, 0.05) is 17.8 Å². The van der Waals surface area contributed by atoms with Gasteiger partial charge in [-0.2, -0.15) is 5.10 Å². The highest BCUT2D eigenvalue weighted by Gasteiger charge is 2.20. The highest BCUT2D eigenvalue weighted by atomic mass is 19.1. The van der Waals surface area contributed by atoms with Gasteiger partial charge in [-0.1, -0.05) is 18.2 Å². The lowest BCUT2D eigenvalue weighted by atomic mass is 10.0. The number of methoxy groups -OCH3 is 2. The lowest BCUT2D eigenvalue weighted by Crippen LogP contribution is -2.31. The summed E-state index contributed by atoms with van der Waals surface area (Å²) in [6.45, 7) is -0.582. The number of halogens is 1. The molecule has 170 valence electrons. The Morgan fingerprint density at radius 2 is 1.81 bits per heavy atom. The van der Waals surface area contributed by atoms with E-state index < -0.39 is 13.0 Å². The van der Waals surface area contributed by atoms with E-state index in [-0.39, 0.29) is 5.91 Å². The van der Waals surface area contributed by atoms with E-state index >= 15 is 0 Å². The molecule has 9 heteroatoms. The summed E-state index contributed by atoms with van der Waals surface area (Å²) in [6, 6.07) is 12.5. The van der Waals surface area contributed by atoms with Crippen LogP contribution in [0.2, 0.25) is 0 Å². The Bertz CT molecular complexity index is 978. The molecule has 0 atom stereocenters. The largest absolute Gasteiger partial charge is 0.493 e. The molecule has 3 rings (SSSR count). The second-order valence-corrected chi connectivity index (χ2v) is 7.17. The zero-order valence-corrected chi connectivity index (χ0v) is 18.1. The van der Waals surface area contributed by atoms with Crippen molar-refractivity contribution in [3.05, 3.63) is 53.6 Å². The minimum atomic E-state index is -0.927. The highest BCUT2D eigenvalue weighted by molar-refractivity contribution is 5.92. The number of nitrogens with zero attached hydrogens (tertiary/aromatic N) is 2. The van der Waals surface area contributed by atoms with Gasteiger partial charge in [-0.15, -0.1) is 0 Å². The predicted molar refractivity (Wildman–Crippen MR) is 118 cm³/mol. The molecule has 1 aliphatic heterocycles. The summed E-state index contributed by atoms with van der Waals surface area (Å²) in [5, 5.41) is 8.61. The fraction of sp³-hybridized carbons (Fsp3) is 0.348. The first-order chi connectivity index (χ1) is 15.5. The van der Waals surface area contributed by atoms with Crippen LogP contribution in [0, 0.1) is 0 Å². The number of nitrogens with one attached hydrogen (secondary N) is 1. The molecular formula is C23H26FN3O5. The minimum Gasteiger partial charge on any atom is -0.493 e. The maximum absolute atomic E-state index is 12.6. The first-order valence-corrected chi connectivity index (χ1v) is 10.2. The van der Waals surface area contributed by atoms with E-state index in [0.717, 1.165) is 16.8 Å². The molecule has 1 N–H and O–H groups in total. The van der Waals surface area contributed by atoms with E-state index in [0.29, 0.717) is 49.4 Å². The fourth-order valence-electron chi connectivity index (χ4n) is 3.33. The number of carbonyl (C=O) groups is 2. The summed E-state index contributed by atoms with van der Waals surface area (Å²) < 4.78 is 27.3. The second kappa shape index (κ2) is 11.1. The van der Waals surface area contributed by atoms with Crippen LogP contribution >= 0.6 is 0 Å². The number of anilines is 1. The molecular weight excluding hydrogens is 417 g/mol. The van der Waals surface area contributed by atoms with Gasteiger partial charge in [0.1, 0.15) is 0 Å². The van der Waals surface area contributed by atoms with Crippen molar-refractivity contribution in [2.75, 3.05) is 26.4 Å². The van der Waals surface area contributed by atoms with Crippen LogP contribution in [0.25, 0.3) is 0 Å². The lowest BCUT2D eigenvalue weighted by Gasteiger charge is -2.24. The first-order valence-electron chi connectivity index (χ1n) is 10.2. The molecule has 0 radical (unpaired) electrons. The number of hydrogen-bond donors (Lipinski definition) is 1. The zero-order valence-electron chi connectivity index (χ0n) is 18.1. The number of carbonyl (C=O) groups excluding carboxylic acids is 2. The van der Waals surface area contributed by atoms with Crippen LogP contribution in [-0.4, -0.2) is 43.8 Å². The summed E-state index contributed by atoms with van der Waals surface area (Å²) in [6.07, 6.45) is 1.83. The van der Waals surface area contributed by atoms with Gasteiger partial charge in [0.05, 0.1) is 20.8 Å². The molecule has 8 nitrogen and oxygen atoms in total. The van der Waals surface area contributed by atoms with E-state index in [2.05, 4.69) is 15.2 Å². The number of aryl methyl sites for hydroxylation is 1. The lowest BCUT2D eigenvalue weighted by molar-refractivity contribution is -0.132. The average molecular weight is 443 g/mol. The number of ether oxygens (including phenoxy) is 3. The van der Waals surface area contributed by atoms with Crippen molar-refractivity contribution in [3.63, 3.8) is 0 Å². The van der Waals surface area contributed by atoms with Gasteiger partial charge >= 0.3 is 6.09 Å². The van der Waals surface area contributed by atoms with Gasteiger partial charge in [-0.05, 0) is 54.7 Å². The monoisotopic (exact) mass is 443 g/mol. The number of rotatable bonds is 9. The van der Waals surface area contributed by atoms with Gasteiger partial charge in [0.25, 0.3) is 0 Å². The Morgan fingerprint density at radius 1 is 1.06 bits per heavy atom. The van der Waals surface area contributed by atoms with E-state index in [1.165, 1.54) is 19.2 Å². The number of benzene rings is 2. The van der Waals surface area contributed by atoms with Crippen LogP contribution in [0.5, 0.6) is 11.5 Å². The number of hydrazone groups is 1. The maximum Gasteiger partial charge on any atom is 0.411 e. The normalized spacial score (nSPS) is 13.4. The van der Waals surface area contributed by atoms with Crippen LogP contribution in [-0.2, 0) is 22.5 Å². The predicted octanol–water partition coefficient (Wildman–Crippen LogP) is 4.29. The summed E-state index contributed by atoms with van der Waals surface area (Å²) in [4.78, 5) is 23.6. The summed E-state index contributed by atoms with van der Waals surface area (Å²) in [5.41, 5.74) is 3.39. The quantitative estimate of drug-likeness (QED) is 0.625. The number of amides is 2. The topological polar surface area (TPSA) is 89.5 Å². The SMILES string of the molecule is COC(=O)Nc1ccc(CN2N=C(CCc3ccc(OC)c(OCF)c3)CCC2=O)cc1. The molecule has 2 aromatic rings. The van der Waals surface area contributed by atoms with Gasteiger partial charge in [-0.25, -0.2) is 14.2 Å². The van der Waals surface area contributed by atoms with Gasteiger partial charge in [-0.3, -0.25) is 10.1 Å². The van der Waals surface area contributed by atoms with Gasteiger partial charge < -0.3 is 14.2 Å². The van der Waals surface area contributed by atoms with Crippen molar-refractivity contribution in [2.24, 2.45) is 5.10 Å². The van der Waals surface area contributed by atoms with E-state index in [1.54, 1.807) is 24.3 Å². The Kier molecular flexibility index (Phi) is 8.02. The van der Waals surface area contributed by atoms with Crippen molar-refractivity contribution < 1.29 is 28.2 Å². The van der Waals surface area contributed by atoms with E-state index in [4.69, 9.17) is 9.47 Å². The summed E-state index contributed by atoms with van der Waals surface area (Å²) in [7, 11) is 2.80. The van der Waals surface area contributed by atoms with Crippen LogP contribution < -0.4 is 14.8 Å². The van der Waals surface area contributed by atoms with Crippen LogP contribution in [0.15, 0.2) is 47.6 Å². The third-order valence-corrected chi connectivity index (χ3v) is 5.04. The molecule has 0 aliphatic carbocycles. The Morgan fingerprint density at radius 3 is 2.50 bits per heavy atom. The standard InChI is InChI=1S/C23H26FN3O5/c1-30-20-11-6-16(13-21(20)32-15-24)3-9-19-10-12-22(28)27(26-19)14-17-4-7-18(8-5-17)25-23(29)31-2/h4-8,11,13H,3,9-10,12,14-15H2,1-2H3,(H,25,29). The van der Waals surface area contributed by atoms with Crippen molar-refractivity contribution in [1.29, 1.82) is 0 Å². The van der Waals surface area contributed by atoms with E-state index in [1.807, 2.05) is 18.2 Å². The molecule has 0 aromatic heterocycles.